The van der Waals surface area contributed by atoms with Gasteiger partial charge in [0.05, 0.1) is 27.2 Å². The summed E-state index contributed by atoms with van der Waals surface area (Å²) in [5.74, 6) is 1.61. The summed E-state index contributed by atoms with van der Waals surface area (Å²) in [7, 11) is 0.0486. The molecule has 0 spiro atoms. The van der Waals surface area contributed by atoms with Gasteiger partial charge in [0.15, 0.2) is 11.5 Å². The smallest absolute Gasteiger partial charge is 0.488 e. The summed E-state index contributed by atoms with van der Waals surface area (Å²) in [6.45, 7) is -0.0267. The average Bonchev–Trinajstić information content (AvgIpc) is 3.67. The minimum absolute atomic E-state index is 0.0267. The molecule has 226 valence electrons. The van der Waals surface area contributed by atoms with Crippen LogP contribution in [0.1, 0.15) is 29.3 Å². The summed E-state index contributed by atoms with van der Waals surface area (Å²) < 4.78 is 43.0. The Kier molecular flexibility index (Phi) is 8.51. The number of fused-ring (bicyclic) bond motifs is 1. The molecule has 1 aliphatic rings. The first-order valence-corrected chi connectivity index (χ1v) is 14.9. The maximum atomic E-state index is 11.8. The van der Waals surface area contributed by atoms with Crippen molar-refractivity contribution >= 4 is 25.2 Å². The van der Waals surface area contributed by atoms with Crippen molar-refractivity contribution in [1.29, 1.82) is 0 Å². The second kappa shape index (κ2) is 12.7. The van der Waals surface area contributed by atoms with E-state index in [9.17, 15) is 9.46 Å². The number of hydrogen-bond donors (Lipinski definition) is 1. The van der Waals surface area contributed by atoms with Crippen LogP contribution in [0.3, 0.4) is 0 Å². The number of methoxy groups -OCH3 is 2. The third kappa shape index (κ3) is 5.61. The Labute approximate surface area is 254 Å². The Morgan fingerprint density at radius 2 is 1.55 bits per heavy atom. The standard InChI is InChI=1S/C31H30N5O7P/c1-39-23-12-8-21(9-13-23)31(20-6-4-3-5-7-20,22-10-14-24(40-2)15-11-22)41-17-26-25(43-44(37)38)16-27(42-26)36-19-35-28-29(32)33-18-34-30(28)36/h3-15,18-19,25-27H,16-17H2,1-2H3,(H2,32,33,34)/t25-,26+,27+/m0/s1. The van der Waals surface area contributed by atoms with E-state index in [2.05, 4.69) is 15.0 Å². The Morgan fingerprint density at radius 3 is 2.14 bits per heavy atom. The molecule has 3 heterocycles. The molecule has 1 aliphatic heterocycles. The molecular weight excluding hydrogens is 585 g/mol. The lowest BCUT2D eigenvalue weighted by molar-refractivity contribution is -0.192. The fourth-order valence-electron chi connectivity index (χ4n) is 5.60. The fraction of sp³-hybridized carbons (Fsp3) is 0.258. The molecule has 4 atom stereocenters. The third-order valence-corrected chi connectivity index (χ3v) is 8.18. The minimum atomic E-state index is -3.17. The second-order valence-corrected chi connectivity index (χ2v) is 10.8. The van der Waals surface area contributed by atoms with Gasteiger partial charge in [-0.15, -0.1) is 4.52 Å². The molecule has 0 radical (unpaired) electrons. The number of nitrogens with zero attached hydrogens (tertiary/aromatic N) is 4. The van der Waals surface area contributed by atoms with Crippen molar-refractivity contribution in [3.63, 3.8) is 0 Å². The topological polar surface area (TPSA) is 156 Å². The van der Waals surface area contributed by atoms with Crippen molar-refractivity contribution in [2.75, 3.05) is 26.6 Å². The third-order valence-electron chi connectivity index (χ3n) is 7.74. The van der Waals surface area contributed by atoms with Crippen LogP contribution in [0.25, 0.3) is 11.2 Å². The van der Waals surface area contributed by atoms with Gasteiger partial charge in [-0.25, -0.2) is 15.0 Å². The molecule has 1 unspecified atom stereocenters. The van der Waals surface area contributed by atoms with Crippen LogP contribution in [0.15, 0.2) is 91.5 Å². The van der Waals surface area contributed by atoms with Crippen LogP contribution >= 0.6 is 8.25 Å². The highest BCUT2D eigenvalue weighted by Crippen LogP contribution is 2.43. The number of hydrogen-bond acceptors (Lipinski definition) is 11. The molecule has 5 aromatic rings. The molecule has 12 nitrogen and oxygen atoms in total. The molecule has 0 aliphatic carbocycles. The molecule has 0 bridgehead atoms. The van der Waals surface area contributed by atoms with Gasteiger partial charge in [0.1, 0.15) is 47.4 Å². The predicted molar refractivity (Wildman–Crippen MR) is 159 cm³/mol. The molecular formula is C31H30N5O7P. The fourth-order valence-corrected chi connectivity index (χ4v) is 6.05. The number of anilines is 1. The normalized spacial score (nSPS) is 18.8. The van der Waals surface area contributed by atoms with Crippen LogP contribution in [0.2, 0.25) is 0 Å². The Morgan fingerprint density at radius 1 is 0.932 bits per heavy atom. The number of rotatable bonds is 11. The van der Waals surface area contributed by atoms with Crippen molar-refractivity contribution in [3.8, 4) is 11.5 Å². The maximum absolute atomic E-state index is 11.8. The first-order chi connectivity index (χ1) is 21.4. The van der Waals surface area contributed by atoms with Gasteiger partial charge in [-0.2, -0.15) is 0 Å². The largest absolute Gasteiger partial charge is 0.566 e. The summed E-state index contributed by atoms with van der Waals surface area (Å²) in [6.07, 6.45) is 0.834. The Balaban J connectivity index is 1.40. The quantitative estimate of drug-likeness (QED) is 0.168. The Hall–Kier alpha value is -4.45. The SMILES string of the molecule is COc1ccc(C(OC[C@H]2O[C@@H](n3cnc4c(N)ncnc43)C[C@@H]2O[P+](=O)[O-])(c2ccccc2)c2ccc(OC)cc2)cc1. The first kappa shape index (κ1) is 29.6. The lowest BCUT2D eigenvalue weighted by atomic mass is 9.80. The van der Waals surface area contributed by atoms with Gasteiger partial charge in [-0.3, -0.25) is 4.57 Å². The van der Waals surface area contributed by atoms with Gasteiger partial charge in [0.2, 0.25) is 0 Å². The molecule has 1 saturated heterocycles. The average molecular weight is 616 g/mol. The van der Waals surface area contributed by atoms with Crippen molar-refractivity contribution in [2.24, 2.45) is 0 Å². The summed E-state index contributed by atoms with van der Waals surface area (Å²) in [4.78, 5) is 24.4. The molecule has 1 fully saturated rings. The molecule has 0 amide bonds. The van der Waals surface area contributed by atoms with Gasteiger partial charge in [0, 0.05) is 6.42 Å². The maximum Gasteiger partial charge on any atom is 0.488 e. The van der Waals surface area contributed by atoms with Crippen molar-refractivity contribution in [1.82, 2.24) is 19.5 Å². The van der Waals surface area contributed by atoms with Crippen molar-refractivity contribution in [2.45, 2.75) is 30.5 Å². The monoisotopic (exact) mass is 615 g/mol. The molecule has 2 N–H and O–H groups in total. The van der Waals surface area contributed by atoms with Crippen LogP contribution < -0.4 is 20.1 Å². The highest BCUT2D eigenvalue weighted by molar-refractivity contribution is 7.30. The molecule has 2 aromatic heterocycles. The van der Waals surface area contributed by atoms with E-state index in [4.69, 9.17) is 29.2 Å². The van der Waals surface area contributed by atoms with Gasteiger partial charge < -0.3 is 29.6 Å². The van der Waals surface area contributed by atoms with Gasteiger partial charge in [-0.05, 0) is 45.5 Å². The molecule has 44 heavy (non-hydrogen) atoms. The van der Waals surface area contributed by atoms with Gasteiger partial charge >= 0.3 is 8.25 Å². The second-order valence-electron chi connectivity index (χ2n) is 10.1. The molecule has 3 aromatic carbocycles. The van der Waals surface area contributed by atoms with E-state index in [1.807, 2.05) is 78.9 Å². The number of nitrogen functional groups attached to an aromatic ring is 1. The number of ether oxygens (including phenoxy) is 4. The predicted octanol–water partition coefficient (Wildman–Crippen LogP) is 4.12. The molecule has 6 rings (SSSR count). The highest BCUT2D eigenvalue weighted by Gasteiger charge is 2.45. The van der Waals surface area contributed by atoms with Crippen LogP contribution in [0.4, 0.5) is 5.82 Å². The lowest BCUT2D eigenvalue weighted by Gasteiger charge is -2.37. The van der Waals surface area contributed by atoms with Crippen LogP contribution in [-0.2, 0) is 24.2 Å². The van der Waals surface area contributed by atoms with Gasteiger partial charge in [-0.1, -0.05) is 54.6 Å². The molecule has 13 heteroatoms. The number of nitrogens with two attached hydrogens (primary N) is 1. The number of imidazole rings is 1. The van der Waals surface area contributed by atoms with E-state index >= 15 is 0 Å². The van der Waals surface area contributed by atoms with Crippen LogP contribution in [0.5, 0.6) is 11.5 Å². The van der Waals surface area contributed by atoms with E-state index in [-0.39, 0.29) is 18.8 Å². The van der Waals surface area contributed by atoms with E-state index in [0.717, 1.165) is 16.7 Å². The van der Waals surface area contributed by atoms with Crippen LogP contribution in [0, 0.1) is 0 Å². The lowest BCUT2D eigenvalue weighted by Crippen LogP contribution is -2.38. The van der Waals surface area contributed by atoms with Gasteiger partial charge in [0.25, 0.3) is 0 Å². The summed E-state index contributed by atoms with van der Waals surface area (Å²) in [5, 5.41) is 0. The number of benzene rings is 3. The highest BCUT2D eigenvalue weighted by atomic mass is 31.1. The summed E-state index contributed by atoms with van der Waals surface area (Å²) in [6, 6.07) is 25.0. The summed E-state index contributed by atoms with van der Waals surface area (Å²) in [5.41, 5.74) is 8.23. The van der Waals surface area contributed by atoms with Crippen LogP contribution in [-0.4, -0.2) is 52.6 Å². The zero-order chi connectivity index (χ0) is 30.7. The summed E-state index contributed by atoms with van der Waals surface area (Å²) >= 11 is 0. The number of aromatic nitrogens is 4. The van der Waals surface area contributed by atoms with E-state index in [0.29, 0.717) is 22.7 Å². The first-order valence-electron chi connectivity index (χ1n) is 13.8. The van der Waals surface area contributed by atoms with E-state index in [1.54, 1.807) is 25.1 Å². The van der Waals surface area contributed by atoms with E-state index < -0.39 is 32.3 Å². The molecule has 0 saturated carbocycles. The zero-order valence-electron chi connectivity index (χ0n) is 24.0. The zero-order valence-corrected chi connectivity index (χ0v) is 24.9. The minimum Gasteiger partial charge on any atom is -0.566 e. The Bertz CT molecular complexity index is 1690. The van der Waals surface area contributed by atoms with Crippen molar-refractivity contribution < 1.29 is 32.9 Å². The van der Waals surface area contributed by atoms with E-state index in [1.165, 1.54) is 6.33 Å². The van der Waals surface area contributed by atoms with Crippen molar-refractivity contribution in [3.05, 3.63) is 108 Å².